The lowest BCUT2D eigenvalue weighted by atomic mass is 10.2. The van der Waals surface area contributed by atoms with Crippen LogP contribution in [0.3, 0.4) is 0 Å². The van der Waals surface area contributed by atoms with Crippen LogP contribution in [0.4, 0.5) is 5.95 Å². The Morgan fingerprint density at radius 2 is 1.97 bits per heavy atom. The number of carbonyl (C=O) groups excluding carboxylic acids is 1. The van der Waals surface area contributed by atoms with Crippen molar-refractivity contribution in [2.24, 2.45) is 0 Å². The lowest BCUT2D eigenvalue weighted by molar-refractivity contribution is 0.102. The third-order valence-electron chi connectivity index (χ3n) is 4.02. The highest BCUT2D eigenvalue weighted by atomic mass is 35.5. The number of ether oxygens (including phenoxy) is 1. The van der Waals surface area contributed by atoms with Gasteiger partial charge in [-0.05, 0) is 41.3 Å². The number of amides is 1. The van der Waals surface area contributed by atoms with Gasteiger partial charge in [-0.25, -0.2) is 9.67 Å². The molecule has 2 aromatic heterocycles. The molecule has 0 atom stereocenters. The fourth-order valence-electron chi connectivity index (χ4n) is 2.67. The topological polar surface area (TPSA) is 69.0 Å². The summed E-state index contributed by atoms with van der Waals surface area (Å²) in [5.74, 6) is 0.799. The summed E-state index contributed by atoms with van der Waals surface area (Å²) < 4.78 is 7.36. The minimum Gasteiger partial charge on any atom is -0.489 e. The van der Waals surface area contributed by atoms with Gasteiger partial charge in [0.1, 0.15) is 18.7 Å². The van der Waals surface area contributed by atoms with Crippen LogP contribution in [0.25, 0.3) is 0 Å². The number of anilines is 1. The van der Waals surface area contributed by atoms with Gasteiger partial charge in [0.25, 0.3) is 5.91 Å². The largest absolute Gasteiger partial charge is 0.489 e. The van der Waals surface area contributed by atoms with Gasteiger partial charge in [0, 0.05) is 10.6 Å². The van der Waals surface area contributed by atoms with Crippen LogP contribution in [0.1, 0.15) is 20.8 Å². The predicted octanol–water partition coefficient (Wildman–Crippen LogP) is 4.87. The van der Waals surface area contributed by atoms with Gasteiger partial charge in [0.2, 0.25) is 5.95 Å². The standard InChI is InChI=1S/C21H17ClN4O2S/c22-17-6-4-5-15(9-17)11-26-14-23-21(25-26)24-20(27)19-10-16(13-29-19)12-28-18-7-2-1-3-8-18/h1-10,13-14H,11-12H2,(H,24,25,27). The maximum atomic E-state index is 12.5. The molecule has 29 heavy (non-hydrogen) atoms. The molecular weight excluding hydrogens is 408 g/mol. The van der Waals surface area contributed by atoms with E-state index in [9.17, 15) is 4.79 Å². The zero-order valence-electron chi connectivity index (χ0n) is 15.3. The first kappa shape index (κ1) is 19.2. The molecule has 0 radical (unpaired) electrons. The Bertz CT molecular complexity index is 1110. The van der Waals surface area contributed by atoms with Crippen molar-refractivity contribution in [2.75, 3.05) is 5.32 Å². The van der Waals surface area contributed by atoms with Crippen LogP contribution in [-0.4, -0.2) is 20.7 Å². The molecule has 0 aliphatic carbocycles. The van der Waals surface area contributed by atoms with Crippen molar-refractivity contribution in [3.63, 3.8) is 0 Å². The van der Waals surface area contributed by atoms with Crippen LogP contribution in [-0.2, 0) is 13.2 Å². The quantitative estimate of drug-likeness (QED) is 0.459. The third kappa shape index (κ3) is 5.22. The number of benzene rings is 2. The minimum atomic E-state index is -0.249. The van der Waals surface area contributed by atoms with Gasteiger partial charge < -0.3 is 4.74 Å². The zero-order chi connectivity index (χ0) is 20.1. The first-order valence-electron chi connectivity index (χ1n) is 8.86. The zero-order valence-corrected chi connectivity index (χ0v) is 16.9. The molecule has 0 saturated heterocycles. The van der Waals surface area contributed by atoms with Crippen molar-refractivity contribution in [3.8, 4) is 5.75 Å². The Hall–Kier alpha value is -3.16. The summed E-state index contributed by atoms with van der Waals surface area (Å²) in [7, 11) is 0. The van der Waals surface area contributed by atoms with Gasteiger partial charge in [-0.2, -0.15) is 0 Å². The Labute approximate surface area is 176 Å². The highest BCUT2D eigenvalue weighted by Crippen LogP contribution is 2.19. The van der Waals surface area contributed by atoms with E-state index in [1.807, 2.05) is 66.0 Å². The number of hydrogen-bond acceptors (Lipinski definition) is 5. The molecule has 0 aliphatic rings. The number of nitrogens with zero attached hydrogens (tertiary/aromatic N) is 3. The number of rotatable bonds is 7. The number of para-hydroxylation sites is 1. The predicted molar refractivity (Wildman–Crippen MR) is 114 cm³/mol. The lowest BCUT2D eigenvalue weighted by Crippen LogP contribution is -2.12. The normalized spacial score (nSPS) is 10.7. The number of thiophene rings is 1. The van der Waals surface area contributed by atoms with E-state index in [4.69, 9.17) is 16.3 Å². The highest BCUT2D eigenvalue weighted by molar-refractivity contribution is 7.12. The fourth-order valence-corrected chi connectivity index (χ4v) is 3.67. The van der Waals surface area contributed by atoms with E-state index in [1.165, 1.54) is 11.3 Å². The highest BCUT2D eigenvalue weighted by Gasteiger charge is 2.12. The van der Waals surface area contributed by atoms with E-state index in [2.05, 4.69) is 15.4 Å². The number of hydrogen-bond donors (Lipinski definition) is 1. The van der Waals surface area contributed by atoms with E-state index < -0.39 is 0 Å². The molecule has 4 aromatic rings. The van der Waals surface area contributed by atoms with Crippen LogP contribution in [0.5, 0.6) is 5.75 Å². The average molecular weight is 425 g/mol. The summed E-state index contributed by atoms with van der Waals surface area (Å²) in [6.07, 6.45) is 1.57. The molecule has 0 unspecified atom stereocenters. The molecule has 1 amide bonds. The molecule has 0 saturated carbocycles. The van der Waals surface area contributed by atoms with Crippen molar-refractivity contribution in [3.05, 3.63) is 93.4 Å². The van der Waals surface area contributed by atoms with E-state index in [-0.39, 0.29) is 11.9 Å². The van der Waals surface area contributed by atoms with Crippen LogP contribution in [0.2, 0.25) is 5.02 Å². The second kappa shape index (κ2) is 8.89. The Morgan fingerprint density at radius 3 is 2.79 bits per heavy atom. The molecular formula is C21H17ClN4O2S. The van der Waals surface area contributed by atoms with Crippen molar-refractivity contribution >= 4 is 34.8 Å². The first-order valence-corrected chi connectivity index (χ1v) is 10.1. The van der Waals surface area contributed by atoms with Crippen LogP contribution < -0.4 is 10.1 Å². The van der Waals surface area contributed by atoms with Crippen molar-refractivity contribution < 1.29 is 9.53 Å². The molecule has 6 nitrogen and oxygen atoms in total. The molecule has 2 aromatic carbocycles. The van der Waals surface area contributed by atoms with Gasteiger partial charge in [0.15, 0.2) is 0 Å². The minimum absolute atomic E-state index is 0.249. The molecule has 146 valence electrons. The Morgan fingerprint density at radius 1 is 1.10 bits per heavy atom. The summed E-state index contributed by atoms with van der Waals surface area (Å²) in [6, 6.07) is 18.9. The van der Waals surface area contributed by atoms with Gasteiger partial charge >= 0.3 is 0 Å². The van der Waals surface area contributed by atoms with Crippen LogP contribution in [0.15, 0.2) is 72.4 Å². The van der Waals surface area contributed by atoms with E-state index in [0.717, 1.165) is 16.9 Å². The van der Waals surface area contributed by atoms with Crippen LogP contribution in [0, 0.1) is 0 Å². The SMILES string of the molecule is O=C(Nc1ncn(Cc2cccc(Cl)c2)n1)c1cc(COc2ccccc2)cs1. The number of aromatic nitrogens is 3. The molecule has 4 rings (SSSR count). The molecule has 8 heteroatoms. The molecule has 0 spiro atoms. The monoisotopic (exact) mass is 424 g/mol. The summed E-state index contributed by atoms with van der Waals surface area (Å²) in [6.45, 7) is 0.920. The van der Waals surface area contributed by atoms with Crippen molar-refractivity contribution in [1.29, 1.82) is 0 Å². The maximum Gasteiger partial charge on any atom is 0.268 e. The van der Waals surface area contributed by atoms with Crippen molar-refractivity contribution in [2.45, 2.75) is 13.2 Å². The summed E-state index contributed by atoms with van der Waals surface area (Å²) in [5, 5.41) is 9.59. The summed E-state index contributed by atoms with van der Waals surface area (Å²) >= 11 is 7.36. The molecule has 0 aliphatic heterocycles. The van der Waals surface area contributed by atoms with E-state index in [1.54, 1.807) is 11.0 Å². The second-order valence-corrected chi connectivity index (χ2v) is 7.62. The Balaban J connectivity index is 1.34. The molecule has 0 bridgehead atoms. The maximum absolute atomic E-state index is 12.5. The van der Waals surface area contributed by atoms with Crippen LogP contribution >= 0.6 is 22.9 Å². The molecule has 0 fully saturated rings. The van der Waals surface area contributed by atoms with Gasteiger partial charge in [0.05, 0.1) is 11.4 Å². The average Bonchev–Trinajstić information content (AvgIpc) is 3.37. The Kier molecular flexibility index (Phi) is 5.88. The lowest BCUT2D eigenvalue weighted by Gasteiger charge is -2.03. The number of halogens is 1. The second-order valence-electron chi connectivity index (χ2n) is 6.27. The van der Waals surface area contributed by atoms with Crippen molar-refractivity contribution in [1.82, 2.24) is 14.8 Å². The number of carbonyl (C=O) groups is 1. The number of nitrogens with one attached hydrogen (secondary N) is 1. The molecule has 1 N–H and O–H groups in total. The van der Waals surface area contributed by atoms with E-state index in [0.29, 0.717) is 23.1 Å². The van der Waals surface area contributed by atoms with Gasteiger partial charge in [-0.15, -0.1) is 16.4 Å². The first-order chi connectivity index (χ1) is 14.2. The van der Waals surface area contributed by atoms with Gasteiger partial charge in [-0.1, -0.05) is 41.9 Å². The summed E-state index contributed by atoms with van der Waals surface area (Å²) in [5.41, 5.74) is 1.94. The van der Waals surface area contributed by atoms with Gasteiger partial charge in [-0.3, -0.25) is 10.1 Å². The fraction of sp³-hybridized carbons (Fsp3) is 0.0952. The summed E-state index contributed by atoms with van der Waals surface area (Å²) in [4.78, 5) is 17.2. The third-order valence-corrected chi connectivity index (χ3v) is 5.23. The van der Waals surface area contributed by atoms with E-state index >= 15 is 0 Å². The molecule has 2 heterocycles. The smallest absolute Gasteiger partial charge is 0.268 e.